The van der Waals surface area contributed by atoms with E-state index in [1.165, 1.54) is 0 Å². The molecule has 1 saturated heterocycles. The highest BCUT2D eigenvalue weighted by atomic mass is 35.5. The second-order valence-electron chi connectivity index (χ2n) is 12.5. The Bertz CT molecular complexity index is 1120. The number of amides is 3. The van der Waals surface area contributed by atoms with Crippen molar-refractivity contribution >= 4 is 35.2 Å². The van der Waals surface area contributed by atoms with Crippen molar-refractivity contribution in [2.45, 2.75) is 97.4 Å². The number of rotatable bonds is 11. The van der Waals surface area contributed by atoms with E-state index in [1.54, 1.807) is 40.9 Å². The SMILES string of the molecule is CCOCC1(C)Oc2cc(Cl)c(C(=O)N(C(C)C)[C@@H]3CCCN(C(=O)OC(C)(C)C)C3)cc2N(CCCCOC)C1=O. The predicted molar refractivity (Wildman–Crippen MR) is 163 cm³/mol. The van der Waals surface area contributed by atoms with Crippen LogP contribution in [0, 0.1) is 0 Å². The fraction of sp³-hybridized carbons (Fsp3) is 0.710. The molecule has 2 aliphatic rings. The van der Waals surface area contributed by atoms with Crippen LogP contribution < -0.4 is 9.64 Å². The maximum absolute atomic E-state index is 14.2. The number of fused-ring (bicyclic) bond motifs is 1. The molecule has 42 heavy (non-hydrogen) atoms. The third-order valence-electron chi connectivity index (χ3n) is 7.40. The van der Waals surface area contributed by atoms with E-state index < -0.39 is 11.2 Å². The summed E-state index contributed by atoms with van der Waals surface area (Å²) in [5.74, 6) is -0.0687. The second-order valence-corrected chi connectivity index (χ2v) is 12.9. The van der Waals surface area contributed by atoms with Crippen LogP contribution >= 0.6 is 11.6 Å². The van der Waals surface area contributed by atoms with Crippen molar-refractivity contribution in [1.82, 2.24) is 9.80 Å². The van der Waals surface area contributed by atoms with Crippen LogP contribution in [0.4, 0.5) is 10.5 Å². The van der Waals surface area contributed by atoms with E-state index in [0.717, 1.165) is 19.3 Å². The first-order valence-electron chi connectivity index (χ1n) is 14.9. The van der Waals surface area contributed by atoms with E-state index in [9.17, 15) is 14.4 Å². The molecule has 236 valence electrons. The molecule has 3 amide bonds. The van der Waals surface area contributed by atoms with Gasteiger partial charge in [0.05, 0.1) is 28.9 Å². The standard InChI is InChI=1S/C31H48ClN3O7/c1-9-40-20-31(7)28(37)34(15-10-11-16-39-8)25-17-23(24(32)18-26(25)41-31)27(36)35(21(2)3)22-13-12-14-33(19-22)29(38)42-30(4,5)6/h17-18,21-22H,9-16,19-20H2,1-8H3/t22-,31?/m1/s1. The maximum Gasteiger partial charge on any atom is 0.410 e. The number of nitrogens with zero attached hydrogens (tertiary/aromatic N) is 3. The summed E-state index contributed by atoms with van der Waals surface area (Å²) in [4.78, 5) is 45.9. The molecule has 11 heteroatoms. The number of halogens is 1. The zero-order valence-corrected chi connectivity index (χ0v) is 27.2. The molecule has 2 heterocycles. The summed E-state index contributed by atoms with van der Waals surface area (Å²) in [5.41, 5.74) is -1.05. The molecule has 1 fully saturated rings. The van der Waals surface area contributed by atoms with Gasteiger partial charge in [-0.25, -0.2) is 4.79 Å². The highest BCUT2D eigenvalue weighted by Crippen LogP contribution is 2.42. The number of ether oxygens (including phenoxy) is 4. The van der Waals surface area contributed by atoms with Crippen LogP contribution in [0.25, 0.3) is 0 Å². The number of carbonyl (C=O) groups is 3. The molecule has 0 radical (unpaired) electrons. The largest absolute Gasteiger partial charge is 0.473 e. The van der Waals surface area contributed by atoms with Crippen molar-refractivity contribution < 1.29 is 33.3 Å². The summed E-state index contributed by atoms with van der Waals surface area (Å²) in [6, 6.07) is 2.90. The van der Waals surface area contributed by atoms with Gasteiger partial charge in [0.15, 0.2) is 0 Å². The van der Waals surface area contributed by atoms with Gasteiger partial charge in [-0.3, -0.25) is 9.59 Å². The number of hydrogen-bond acceptors (Lipinski definition) is 7. The first-order chi connectivity index (χ1) is 19.7. The summed E-state index contributed by atoms with van der Waals surface area (Å²) in [6.45, 7) is 15.5. The molecule has 2 aliphatic heterocycles. The van der Waals surface area contributed by atoms with Gasteiger partial charge in [-0.15, -0.1) is 0 Å². The third-order valence-corrected chi connectivity index (χ3v) is 7.71. The highest BCUT2D eigenvalue weighted by molar-refractivity contribution is 6.34. The van der Waals surface area contributed by atoms with Gasteiger partial charge in [0, 0.05) is 52.1 Å². The van der Waals surface area contributed by atoms with E-state index in [-0.39, 0.29) is 47.2 Å². The van der Waals surface area contributed by atoms with Crippen LogP contribution in [0.3, 0.4) is 0 Å². The van der Waals surface area contributed by atoms with E-state index in [1.807, 2.05) is 41.5 Å². The van der Waals surface area contributed by atoms with Gasteiger partial charge in [0.1, 0.15) is 11.4 Å². The monoisotopic (exact) mass is 609 g/mol. The summed E-state index contributed by atoms with van der Waals surface area (Å²) >= 11 is 6.76. The molecule has 1 unspecified atom stereocenters. The lowest BCUT2D eigenvalue weighted by Crippen LogP contribution is -2.57. The van der Waals surface area contributed by atoms with Gasteiger partial charge < -0.3 is 33.6 Å². The quantitative estimate of drug-likeness (QED) is 0.304. The van der Waals surface area contributed by atoms with Crippen LogP contribution in [-0.2, 0) is 19.0 Å². The maximum atomic E-state index is 14.2. The average molecular weight is 610 g/mol. The molecule has 0 aromatic heterocycles. The van der Waals surface area contributed by atoms with E-state index in [4.69, 9.17) is 30.5 Å². The van der Waals surface area contributed by atoms with Gasteiger partial charge in [0.2, 0.25) is 5.60 Å². The Labute approximate surface area is 255 Å². The number of anilines is 1. The molecular formula is C31H48ClN3O7. The normalized spacial score (nSPS) is 20.8. The molecule has 0 N–H and O–H groups in total. The summed E-state index contributed by atoms with van der Waals surface area (Å²) in [5, 5.41) is 0.233. The number of methoxy groups -OCH3 is 1. The smallest absolute Gasteiger partial charge is 0.410 e. The number of unbranched alkanes of at least 4 members (excludes halogenated alkanes) is 1. The lowest BCUT2D eigenvalue weighted by Gasteiger charge is -2.42. The van der Waals surface area contributed by atoms with Crippen molar-refractivity contribution in [1.29, 1.82) is 0 Å². The van der Waals surface area contributed by atoms with Crippen LogP contribution in [0.2, 0.25) is 5.02 Å². The van der Waals surface area contributed by atoms with Crippen LogP contribution in [0.1, 0.15) is 84.5 Å². The molecule has 0 saturated carbocycles. The Morgan fingerprint density at radius 1 is 1.24 bits per heavy atom. The van der Waals surface area contributed by atoms with Gasteiger partial charge in [-0.2, -0.15) is 0 Å². The average Bonchev–Trinajstić information content (AvgIpc) is 2.91. The fourth-order valence-electron chi connectivity index (χ4n) is 5.44. The van der Waals surface area contributed by atoms with Crippen LogP contribution in [0.15, 0.2) is 12.1 Å². The fourth-order valence-corrected chi connectivity index (χ4v) is 5.68. The molecule has 2 atom stereocenters. The molecule has 0 spiro atoms. The summed E-state index contributed by atoms with van der Waals surface area (Å²) in [6.07, 6.45) is 2.58. The van der Waals surface area contributed by atoms with E-state index in [2.05, 4.69) is 0 Å². The van der Waals surface area contributed by atoms with Gasteiger partial charge in [-0.05, 0) is 80.2 Å². The third kappa shape index (κ3) is 8.08. The Balaban J connectivity index is 1.94. The Morgan fingerprint density at radius 2 is 1.95 bits per heavy atom. The molecule has 0 bridgehead atoms. The lowest BCUT2D eigenvalue weighted by atomic mass is 9.99. The number of carbonyl (C=O) groups excluding carboxylic acids is 3. The van der Waals surface area contributed by atoms with Gasteiger partial charge >= 0.3 is 6.09 Å². The molecular weight excluding hydrogens is 562 g/mol. The molecule has 1 aromatic carbocycles. The zero-order valence-electron chi connectivity index (χ0n) is 26.5. The van der Waals surface area contributed by atoms with Crippen molar-refractivity contribution in [2.75, 3.05) is 51.5 Å². The van der Waals surface area contributed by atoms with Crippen LogP contribution in [0.5, 0.6) is 5.75 Å². The Hall–Kier alpha value is -2.56. The number of piperidine rings is 1. The Morgan fingerprint density at radius 3 is 2.57 bits per heavy atom. The molecule has 10 nitrogen and oxygen atoms in total. The van der Waals surface area contributed by atoms with Crippen molar-refractivity contribution in [3.63, 3.8) is 0 Å². The minimum absolute atomic E-state index is 0.0889. The van der Waals surface area contributed by atoms with Crippen molar-refractivity contribution in [3.8, 4) is 5.75 Å². The highest BCUT2D eigenvalue weighted by Gasteiger charge is 2.46. The predicted octanol–water partition coefficient (Wildman–Crippen LogP) is 5.54. The summed E-state index contributed by atoms with van der Waals surface area (Å²) < 4.78 is 22.6. The van der Waals surface area contributed by atoms with E-state index in [0.29, 0.717) is 50.7 Å². The van der Waals surface area contributed by atoms with Gasteiger partial charge in [0.25, 0.3) is 11.8 Å². The topological polar surface area (TPSA) is 97.8 Å². The number of likely N-dealkylation sites (tertiary alicyclic amines) is 1. The van der Waals surface area contributed by atoms with Crippen molar-refractivity contribution in [3.05, 3.63) is 22.7 Å². The first kappa shape index (κ1) is 33.9. The van der Waals surface area contributed by atoms with Crippen LogP contribution in [-0.4, -0.2) is 97.6 Å². The summed E-state index contributed by atoms with van der Waals surface area (Å²) in [7, 11) is 1.65. The molecule has 3 rings (SSSR count). The number of benzene rings is 1. The minimum atomic E-state index is -1.23. The lowest BCUT2D eigenvalue weighted by molar-refractivity contribution is -0.139. The minimum Gasteiger partial charge on any atom is -0.473 e. The zero-order chi connectivity index (χ0) is 31.2. The van der Waals surface area contributed by atoms with Crippen molar-refractivity contribution in [2.24, 2.45) is 0 Å². The first-order valence-corrected chi connectivity index (χ1v) is 15.3. The van der Waals surface area contributed by atoms with Gasteiger partial charge in [-0.1, -0.05) is 11.6 Å². The number of hydrogen-bond donors (Lipinski definition) is 0. The molecule has 1 aromatic rings. The Kier molecular flexibility index (Phi) is 11.5. The second kappa shape index (κ2) is 14.3. The van der Waals surface area contributed by atoms with E-state index >= 15 is 0 Å². The molecule has 0 aliphatic carbocycles.